The predicted molar refractivity (Wildman–Crippen MR) is 75.2 cm³/mol. The molecule has 0 saturated carbocycles. The summed E-state index contributed by atoms with van der Waals surface area (Å²) in [6.07, 6.45) is 5.39. The van der Waals surface area contributed by atoms with Gasteiger partial charge in [0.1, 0.15) is 0 Å². The molecule has 0 amide bonds. The van der Waals surface area contributed by atoms with Crippen LogP contribution < -0.4 is 10.0 Å². The van der Waals surface area contributed by atoms with Crippen molar-refractivity contribution in [3.8, 4) is 0 Å². The van der Waals surface area contributed by atoms with Gasteiger partial charge in [-0.25, -0.2) is 4.72 Å². The van der Waals surface area contributed by atoms with Crippen LogP contribution in [0.25, 0.3) is 0 Å². The molecule has 1 aliphatic heterocycles. The van der Waals surface area contributed by atoms with E-state index in [0.29, 0.717) is 26.2 Å². The Morgan fingerprint density at radius 1 is 1.32 bits per heavy atom. The van der Waals surface area contributed by atoms with Gasteiger partial charge >= 0.3 is 0 Å². The quantitative estimate of drug-likeness (QED) is 0.755. The van der Waals surface area contributed by atoms with E-state index in [1.54, 1.807) is 12.4 Å². The van der Waals surface area contributed by atoms with Gasteiger partial charge in [0.25, 0.3) is 10.2 Å². The SMILES string of the molecule is Cc1cnccc1NCCNS(=O)(=O)N1CCCC1. The van der Waals surface area contributed by atoms with Gasteiger partial charge in [-0.15, -0.1) is 0 Å². The van der Waals surface area contributed by atoms with Crippen molar-refractivity contribution < 1.29 is 8.42 Å². The van der Waals surface area contributed by atoms with Crippen molar-refractivity contribution in [2.45, 2.75) is 19.8 Å². The molecule has 1 fully saturated rings. The van der Waals surface area contributed by atoms with E-state index < -0.39 is 10.2 Å². The summed E-state index contributed by atoms with van der Waals surface area (Å²) in [5, 5.41) is 3.19. The van der Waals surface area contributed by atoms with Gasteiger partial charge in [-0.05, 0) is 31.4 Å². The van der Waals surface area contributed by atoms with E-state index in [9.17, 15) is 8.42 Å². The molecule has 0 unspecified atom stereocenters. The Morgan fingerprint density at radius 2 is 2.05 bits per heavy atom. The molecule has 0 spiro atoms. The second-order valence-electron chi connectivity index (χ2n) is 4.62. The maximum atomic E-state index is 11.9. The van der Waals surface area contributed by atoms with Crippen LogP contribution in [0, 0.1) is 6.92 Å². The first kappa shape index (κ1) is 14.2. The summed E-state index contributed by atoms with van der Waals surface area (Å²) in [6, 6.07) is 1.88. The van der Waals surface area contributed by atoms with Crippen molar-refractivity contribution in [3.05, 3.63) is 24.0 Å². The van der Waals surface area contributed by atoms with Gasteiger partial charge in [-0.3, -0.25) is 4.98 Å². The highest BCUT2D eigenvalue weighted by molar-refractivity contribution is 7.87. The lowest BCUT2D eigenvalue weighted by Crippen LogP contribution is -2.40. The predicted octanol–water partition coefficient (Wildman–Crippen LogP) is 0.732. The van der Waals surface area contributed by atoms with Crippen LogP contribution in [-0.4, -0.2) is 43.9 Å². The van der Waals surface area contributed by atoms with Crippen molar-refractivity contribution in [2.24, 2.45) is 0 Å². The lowest BCUT2D eigenvalue weighted by Gasteiger charge is -2.16. The average molecular weight is 284 g/mol. The van der Waals surface area contributed by atoms with Gasteiger partial charge in [-0.2, -0.15) is 12.7 Å². The van der Waals surface area contributed by atoms with Crippen LogP contribution >= 0.6 is 0 Å². The first-order chi connectivity index (χ1) is 9.09. The molecular weight excluding hydrogens is 264 g/mol. The van der Waals surface area contributed by atoms with E-state index in [-0.39, 0.29) is 0 Å². The number of aromatic nitrogens is 1. The second kappa shape index (κ2) is 6.31. The van der Waals surface area contributed by atoms with Crippen molar-refractivity contribution in [1.82, 2.24) is 14.0 Å². The molecule has 0 radical (unpaired) electrons. The molecule has 7 heteroatoms. The van der Waals surface area contributed by atoms with Crippen LogP contribution in [0.1, 0.15) is 18.4 Å². The van der Waals surface area contributed by atoms with Gasteiger partial charge in [0.2, 0.25) is 0 Å². The third kappa shape index (κ3) is 3.89. The summed E-state index contributed by atoms with van der Waals surface area (Å²) in [7, 11) is -3.29. The number of hydrogen-bond acceptors (Lipinski definition) is 4. The molecular formula is C12H20N4O2S. The Labute approximate surface area is 114 Å². The van der Waals surface area contributed by atoms with Crippen molar-refractivity contribution in [1.29, 1.82) is 0 Å². The van der Waals surface area contributed by atoms with Gasteiger partial charge in [0.15, 0.2) is 0 Å². The fraction of sp³-hybridized carbons (Fsp3) is 0.583. The van der Waals surface area contributed by atoms with Crippen LogP contribution in [0.2, 0.25) is 0 Å². The number of aryl methyl sites for hydroxylation is 1. The highest BCUT2D eigenvalue weighted by atomic mass is 32.2. The number of hydrogen-bond donors (Lipinski definition) is 2. The summed E-state index contributed by atoms with van der Waals surface area (Å²) < 4.78 is 27.9. The van der Waals surface area contributed by atoms with Crippen LogP contribution in [-0.2, 0) is 10.2 Å². The fourth-order valence-electron chi connectivity index (χ4n) is 2.07. The molecule has 106 valence electrons. The molecule has 0 atom stereocenters. The maximum absolute atomic E-state index is 11.9. The number of rotatable bonds is 6. The number of pyridine rings is 1. The Morgan fingerprint density at radius 3 is 2.74 bits per heavy atom. The molecule has 2 rings (SSSR count). The summed E-state index contributed by atoms with van der Waals surface area (Å²) in [5.41, 5.74) is 2.03. The Balaban J connectivity index is 1.76. The minimum Gasteiger partial charge on any atom is -0.383 e. The fourth-order valence-corrected chi connectivity index (χ4v) is 3.35. The van der Waals surface area contributed by atoms with Gasteiger partial charge in [0.05, 0.1) is 0 Å². The first-order valence-corrected chi connectivity index (χ1v) is 7.93. The molecule has 2 heterocycles. The number of nitrogens with one attached hydrogen (secondary N) is 2. The van der Waals surface area contributed by atoms with Crippen LogP contribution in [0.4, 0.5) is 5.69 Å². The summed E-state index contributed by atoms with van der Waals surface area (Å²) in [6.45, 7) is 4.15. The Bertz CT molecular complexity index is 512. The van der Waals surface area contributed by atoms with Crippen molar-refractivity contribution in [3.63, 3.8) is 0 Å². The highest BCUT2D eigenvalue weighted by Gasteiger charge is 2.24. The monoisotopic (exact) mass is 284 g/mol. The molecule has 0 aromatic carbocycles. The molecule has 1 saturated heterocycles. The lowest BCUT2D eigenvalue weighted by atomic mass is 10.2. The second-order valence-corrected chi connectivity index (χ2v) is 6.38. The number of anilines is 1. The summed E-state index contributed by atoms with van der Waals surface area (Å²) in [5.74, 6) is 0. The van der Waals surface area contributed by atoms with Gasteiger partial charge < -0.3 is 5.32 Å². The largest absolute Gasteiger partial charge is 0.383 e. The molecule has 6 nitrogen and oxygen atoms in total. The summed E-state index contributed by atoms with van der Waals surface area (Å²) in [4.78, 5) is 4.01. The third-order valence-corrected chi connectivity index (χ3v) is 4.76. The maximum Gasteiger partial charge on any atom is 0.279 e. The molecule has 19 heavy (non-hydrogen) atoms. The number of nitrogens with zero attached hydrogens (tertiary/aromatic N) is 2. The van der Waals surface area contributed by atoms with Crippen LogP contribution in [0.3, 0.4) is 0 Å². The first-order valence-electron chi connectivity index (χ1n) is 6.49. The Hall–Kier alpha value is -1.18. The van der Waals surface area contributed by atoms with Crippen LogP contribution in [0.15, 0.2) is 18.5 Å². The minimum atomic E-state index is -3.29. The molecule has 2 N–H and O–H groups in total. The van der Waals surface area contributed by atoms with Crippen molar-refractivity contribution >= 4 is 15.9 Å². The molecule has 1 aromatic rings. The topological polar surface area (TPSA) is 74.3 Å². The van der Waals surface area contributed by atoms with E-state index in [4.69, 9.17) is 0 Å². The van der Waals surface area contributed by atoms with E-state index in [0.717, 1.165) is 24.1 Å². The average Bonchev–Trinajstić information content (AvgIpc) is 2.91. The summed E-state index contributed by atoms with van der Waals surface area (Å²) >= 11 is 0. The zero-order valence-corrected chi connectivity index (χ0v) is 11.9. The molecule has 0 aliphatic carbocycles. The highest BCUT2D eigenvalue weighted by Crippen LogP contribution is 2.12. The minimum absolute atomic E-state index is 0.376. The van der Waals surface area contributed by atoms with E-state index in [1.165, 1.54) is 4.31 Å². The lowest BCUT2D eigenvalue weighted by molar-refractivity contribution is 0.466. The van der Waals surface area contributed by atoms with Gasteiger partial charge in [-0.1, -0.05) is 0 Å². The van der Waals surface area contributed by atoms with Crippen LogP contribution in [0.5, 0.6) is 0 Å². The van der Waals surface area contributed by atoms with E-state index in [2.05, 4.69) is 15.0 Å². The van der Waals surface area contributed by atoms with E-state index in [1.807, 2.05) is 13.0 Å². The third-order valence-electron chi connectivity index (χ3n) is 3.15. The molecule has 1 aliphatic rings. The zero-order chi connectivity index (χ0) is 13.7. The smallest absolute Gasteiger partial charge is 0.279 e. The van der Waals surface area contributed by atoms with E-state index >= 15 is 0 Å². The standard InChI is InChI=1S/C12H20N4O2S/c1-11-10-13-5-4-12(11)14-6-7-15-19(17,18)16-8-2-3-9-16/h4-5,10,15H,2-3,6-9H2,1H3,(H,13,14). The Kier molecular flexibility index (Phi) is 4.73. The van der Waals surface area contributed by atoms with Crippen molar-refractivity contribution in [2.75, 3.05) is 31.5 Å². The normalized spacial score (nSPS) is 16.7. The zero-order valence-electron chi connectivity index (χ0n) is 11.1. The van der Waals surface area contributed by atoms with Gasteiger partial charge in [0, 0.05) is 44.3 Å². The molecule has 1 aromatic heterocycles. The molecule has 0 bridgehead atoms.